The van der Waals surface area contributed by atoms with E-state index in [2.05, 4.69) is 5.32 Å². The van der Waals surface area contributed by atoms with Crippen LogP contribution in [0.2, 0.25) is 5.02 Å². The zero-order valence-electron chi connectivity index (χ0n) is 11.3. The van der Waals surface area contributed by atoms with Gasteiger partial charge in [0.25, 0.3) is 5.91 Å². The molecule has 1 N–H and O–H groups in total. The van der Waals surface area contributed by atoms with Crippen LogP contribution in [0.3, 0.4) is 0 Å². The van der Waals surface area contributed by atoms with Gasteiger partial charge in [0.2, 0.25) is 5.78 Å². The number of hydrogen-bond acceptors (Lipinski definition) is 2. The van der Waals surface area contributed by atoms with E-state index in [1.54, 1.807) is 42.5 Å². The Hall–Kier alpha value is -2.39. The molecule has 0 bridgehead atoms. The zero-order valence-corrected chi connectivity index (χ0v) is 12.1. The molecule has 1 amide bonds. The smallest absolute Gasteiger partial charge is 0.255 e. The number of fused-ring (bicyclic) bond motifs is 1. The van der Waals surface area contributed by atoms with Gasteiger partial charge in [-0.2, -0.15) is 0 Å². The molecule has 0 aromatic heterocycles. The second-order valence-corrected chi connectivity index (χ2v) is 5.33. The highest BCUT2D eigenvalue weighted by atomic mass is 35.5. The van der Waals surface area contributed by atoms with Crippen molar-refractivity contribution in [2.45, 2.75) is 6.92 Å². The first-order valence-corrected chi connectivity index (χ1v) is 6.87. The van der Waals surface area contributed by atoms with Gasteiger partial charge in [-0.05, 0) is 48.4 Å². The van der Waals surface area contributed by atoms with Crippen molar-refractivity contribution in [1.82, 2.24) is 5.32 Å². The first-order valence-electron chi connectivity index (χ1n) is 6.49. The molecule has 4 heteroatoms. The number of carbonyl (C=O) groups excluding carboxylic acids is 2. The predicted molar refractivity (Wildman–Crippen MR) is 82.4 cm³/mol. The van der Waals surface area contributed by atoms with Crippen molar-refractivity contribution in [2.75, 3.05) is 0 Å². The van der Waals surface area contributed by atoms with E-state index in [1.807, 2.05) is 13.0 Å². The van der Waals surface area contributed by atoms with Crippen molar-refractivity contribution in [1.29, 1.82) is 0 Å². The molecule has 0 heterocycles. The summed E-state index contributed by atoms with van der Waals surface area (Å²) in [4.78, 5) is 24.4. The number of carbonyl (C=O) groups is 2. The van der Waals surface area contributed by atoms with Gasteiger partial charge in [-0.3, -0.25) is 9.59 Å². The number of ketones is 1. The van der Waals surface area contributed by atoms with Crippen LogP contribution in [0.1, 0.15) is 31.8 Å². The van der Waals surface area contributed by atoms with Crippen LogP contribution in [0.25, 0.3) is 6.08 Å². The molecule has 1 aliphatic rings. The minimum atomic E-state index is -0.299. The monoisotopic (exact) mass is 297 g/mol. The highest BCUT2D eigenvalue weighted by Crippen LogP contribution is 2.29. The van der Waals surface area contributed by atoms with Crippen molar-refractivity contribution >= 4 is 29.4 Å². The van der Waals surface area contributed by atoms with E-state index in [4.69, 9.17) is 11.6 Å². The largest absolute Gasteiger partial charge is 0.319 e. The lowest BCUT2D eigenvalue weighted by Crippen LogP contribution is -2.25. The number of aryl methyl sites for hydroxylation is 1. The summed E-state index contributed by atoms with van der Waals surface area (Å²) in [6.45, 7) is 1.89. The average Bonchev–Trinajstić information content (AvgIpc) is 2.78. The summed E-state index contributed by atoms with van der Waals surface area (Å²) in [6.07, 6.45) is 1.70. The summed E-state index contributed by atoms with van der Waals surface area (Å²) in [7, 11) is 0. The standard InChI is InChI=1S/C17H12ClNO2/c1-10-7-12(18)8-14-13(10)9-15(16(14)20)19-17(21)11-5-3-2-4-6-11/h2-9H,1H3,(H,19,20,21). The molecule has 0 unspecified atom stereocenters. The number of hydrogen-bond donors (Lipinski definition) is 1. The molecule has 1 aliphatic carbocycles. The Morgan fingerprint density at radius 1 is 1.14 bits per heavy atom. The number of Topliss-reactive ketones (excluding diaryl/α,β-unsaturated/α-hetero) is 1. The molecule has 0 saturated carbocycles. The summed E-state index contributed by atoms with van der Waals surface area (Å²) < 4.78 is 0. The molecule has 0 saturated heterocycles. The number of halogens is 1. The van der Waals surface area contributed by atoms with Crippen molar-refractivity contribution in [2.24, 2.45) is 0 Å². The fourth-order valence-electron chi connectivity index (χ4n) is 2.37. The molecular weight excluding hydrogens is 286 g/mol. The lowest BCUT2D eigenvalue weighted by Gasteiger charge is -2.05. The van der Waals surface area contributed by atoms with E-state index < -0.39 is 0 Å². The van der Waals surface area contributed by atoms with E-state index in [0.717, 1.165) is 11.1 Å². The summed E-state index contributed by atoms with van der Waals surface area (Å²) in [5.41, 5.74) is 3.05. The van der Waals surface area contributed by atoms with Crippen LogP contribution in [0.4, 0.5) is 0 Å². The quantitative estimate of drug-likeness (QED) is 0.920. The number of rotatable bonds is 2. The average molecular weight is 298 g/mol. The van der Waals surface area contributed by atoms with Crippen molar-refractivity contribution < 1.29 is 9.59 Å². The first-order chi connectivity index (χ1) is 10.1. The van der Waals surface area contributed by atoms with Gasteiger partial charge in [0.05, 0.1) is 5.70 Å². The van der Waals surface area contributed by atoms with E-state index in [-0.39, 0.29) is 17.4 Å². The van der Waals surface area contributed by atoms with Crippen LogP contribution >= 0.6 is 11.6 Å². The number of benzene rings is 2. The van der Waals surface area contributed by atoms with Crippen molar-refractivity contribution in [3.8, 4) is 0 Å². The molecule has 0 fully saturated rings. The fraction of sp³-hybridized carbons (Fsp3) is 0.0588. The van der Waals surface area contributed by atoms with Crippen LogP contribution in [0.5, 0.6) is 0 Å². The van der Waals surface area contributed by atoms with Crippen molar-refractivity contribution in [3.63, 3.8) is 0 Å². The maximum absolute atomic E-state index is 12.3. The molecule has 0 aliphatic heterocycles. The van der Waals surface area contributed by atoms with Crippen LogP contribution in [0, 0.1) is 6.92 Å². The normalized spacial score (nSPS) is 12.9. The fourth-order valence-corrected chi connectivity index (χ4v) is 2.64. The highest BCUT2D eigenvalue weighted by Gasteiger charge is 2.25. The minimum absolute atomic E-state index is 0.208. The SMILES string of the molecule is Cc1cc(Cl)cc2c1C=C(NC(=O)c1ccccc1)C2=O. The summed E-state index contributed by atoms with van der Waals surface area (Å²) in [6, 6.07) is 12.2. The molecular formula is C17H12ClNO2. The van der Waals surface area contributed by atoms with E-state index >= 15 is 0 Å². The molecule has 2 aromatic rings. The van der Waals surface area contributed by atoms with Gasteiger partial charge < -0.3 is 5.32 Å². The number of allylic oxidation sites excluding steroid dienone is 1. The van der Waals surface area contributed by atoms with E-state index in [1.165, 1.54) is 0 Å². The minimum Gasteiger partial charge on any atom is -0.319 e. The van der Waals surface area contributed by atoms with Crippen LogP contribution < -0.4 is 5.32 Å². The summed E-state index contributed by atoms with van der Waals surface area (Å²) >= 11 is 5.98. The van der Waals surface area contributed by atoms with Crippen LogP contribution in [0.15, 0.2) is 48.2 Å². The third-order valence-corrected chi connectivity index (χ3v) is 3.63. The Balaban J connectivity index is 1.89. The maximum Gasteiger partial charge on any atom is 0.255 e. The molecule has 0 atom stereocenters. The molecule has 2 aromatic carbocycles. The second kappa shape index (κ2) is 5.19. The summed E-state index contributed by atoms with van der Waals surface area (Å²) in [5, 5.41) is 3.19. The molecule has 21 heavy (non-hydrogen) atoms. The van der Waals surface area contributed by atoms with Crippen LogP contribution in [-0.2, 0) is 0 Å². The second-order valence-electron chi connectivity index (χ2n) is 4.89. The highest BCUT2D eigenvalue weighted by molar-refractivity contribution is 6.32. The Labute approximate surface area is 127 Å². The van der Waals surface area contributed by atoms with E-state index in [9.17, 15) is 9.59 Å². The number of amides is 1. The molecule has 104 valence electrons. The van der Waals surface area contributed by atoms with Gasteiger partial charge in [-0.15, -0.1) is 0 Å². The van der Waals surface area contributed by atoms with E-state index in [0.29, 0.717) is 16.1 Å². The Morgan fingerprint density at radius 3 is 2.57 bits per heavy atom. The Morgan fingerprint density at radius 2 is 1.86 bits per heavy atom. The topological polar surface area (TPSA) is 46.2 Å². The predicted octanol–water partition coefficient (Wildman–Crippen LogP) is 3.62. The van der Waals surface area contributed by atoms with Crippen LogP contribution in [-0.4, -0.2) is 11.7 Å². The van der Waals surface area contributed by atoms with Gasteiger partial charge in [0.15, 0.2) is 0 Å². The van der Waals surface area contributed by atoms with Gasteiger partial charge in [0, 0.05) is 16.1 Å². The van der Waals surface area contributed by atoms with Gasteiger partial charge in [0.1, 0.15) is 0 Å². The lowest BCUT2D eigenvalue weighted by atomic mass is 10.0. The molecule has 0 radical (unpaired) electrons. The maximum atomic E-state index is 12.3. The third-order valence-electron chi connectivity index (χ3n) is 3.41. The summed E-state index contributed by atoms with van der Waals surface area (Å²) in [5.74, 6) is -0.508. The third kappa shape index (κ3) is 2.48. The van der Waals surface area contributed by atoms with Gasteiger partial charge in [-0.1, -0.05) is 29.8 Å². The van der Waals surface area contributed by atoms with Crippen molar-refractivity contribution in [3.05, 3.63) is 75.4 Å². The first kappa shape index (κ1) is 13.6. The Bertz CT molecular complexity index is 779. The van der Waals surface area contributed by atoms with Gasteiger partial charge in [-0.25, -0.2) is 0 Å². The molecule has 3 rings (SSSR count). The zero-order chi connectivity index (χ0) is 15.0. The number of nitrogens with one attached hydrogen (secondary N) is 1. The molecule has 0 spiro atoms. The lowest BCUT2D eigenvalue weighted by molar-refractivity contribution is 0.0936. The molecule has 3 nitrogen and oxygen atoms in total. The Kier molecular flexibility index (Phi) is 3.35. The van der Waals surface area contributed by atoms with Gasteiger partial charge >= 0.3 is 0 Å².